The van der Waals surface area contributed by atoms with Gasteiger partial charge in [-0.3, -0.25) is 4.90 Å². The van der Waals surface area contributed by atoms with Gasteiger partial charge in [0, 0.05) is 36.9 Å². The van der Waals surface area contributed by atoms with Gasteiger partial charge in [-0.1, -0.05) is 0 Å². The smallest absolute Gasteiger partial charge is 0.164 e. The van der Waals surface area contributed by atoms with Crippen molar-refractivity contribution in [2.24, 2.45) is 5.73 Å². The van der Waals surface area contributed by atoms with E-state index in [-0.39, 0.29) is 19.2 Å². The van der Waals surface area contributed by atoms with Crippen LogP contribution in [0.5, 0.6) is 0 Å². The molecule has 15 heavy (non-hydrogen) atoms. The molecular weight excluding hydrogens is 236 g/mol. The van der Waals surface area contributed by atoms with Crippen molar-refractivity contribution in [3.63, 3.8) is 0 Å². The molecule has 0 aromatic heterocycles. The molecule has 0 aromatic rings. The van der Waals surface area contributed by atoms with Crippen LogP contribution >= 0.6 is 11.8 Å². The molecule has 0 bridgehead atoms. The van der Waals surface area contributed by atoms with Crippen LogP contribution in [-0.2, 0) is 9.84 Å². The third-order valence-corrected chi connectivity index (χ3v) is 5.23. The van der Waals surface area contributed by atoms with E-state index in [0.29, 0.717) is 12.3 Å². The molecule has 1 aliphatic rings. The molecular formula is C8H18N2O3S2. The molecule has 90 valence electrons. The van der Waals surface area contributed by atoms with Crippen LogP contribution in [0.25, 0.3) is 0 Å². The number of hydrogen-bond acceptors (Lipinski definition) is 6. The number of sulfone groups is 1. The second kappa shape index (κ2) is 5.49. The van der Waals surface area contributed by atoms with Gasteiger partial charge in [0.2, 0.25) is 0 Å². The fraction of sp³-hybridized carbons (Fsp3) is 1.00. The Kier molecular flexibility index (Phi) is 4.85. The van der Waals surface area contributed by atoms with E-state index in [0.717, 1.165) is 5.75 Å². The Morgan fingerprint density at radius 2 is 2.33 bits per heavy atom. The Hall–Kier alpha value is 0.180. The van der Waals surface area contributed by atoms with Crippen molar-refractivity contribution >= 4 is 21.6 Å². The van der Waals surface area contributed by atoms with E-state index in [1.807, 2.05) is 4.90 Å². The molecule has 7 heteroatoms. The first-order chi connectivity index (χ1) is 7.00. The molecule has 1 heterocycles. The second-order valence-electron chi connectivity index (χ2n) is 3.67. The third kappa shape index (κ3) is 3.32. The Balaban J connectivity index is 2.82. The van der Waals surface area contributed by atoms with Gasteiger partial charge in [-0.15, -0.1) is 0 Å². The summed E-state index contributed by atoms with van der Waals surface area (Å²) in [6, 6.07) is -0.245. The van der Waals surface area contributed by atoms with Crippen LogP contribution in [0.1, 0.15) is 0 Å². The van der Waals surface area contributed by atoms with Crippen LogP contribution in [0.15, 0.2) is 0 Å². The Morgan fingerprint density at radius 3 is 2.80 bits per heavy atom. The molecule has 0 spiro atoms. The molecule has 0 aliphatic carbocycles. The first-order valence-corrected chi connectivity index (χ1v) is 7.95. The minimum Gasteiger partial charge on any atom is -0.395 e. The molecule has 1 aliphatic heterocycles. The molecule has 2 atom stereocenters. The van der Waals surface area contributed by atoms with Gasteiger partial charge < -0.3 is 10.8 Å². The summed E-state index contributed by atoms with van der Waals surface area (Å²) < 4.78 is 23.1. The number of nitrogens with two attached hydrogens (primary N) is 1. The van der Waals surface area contributed by atoms with Crippen molar-refractivity contribution in [3.8, 4) is 0 Å². The van der Waals surface area contributed by atoms with E-state index in [9.17, 15) is 8.42 Å². The average molecular weight is 254 g/mol. The summed E-state index contributed by atoms with van der Waals surface area (Å²) in [6.07, 6.45) is 1.24. The average Bonchev–Trinajstić information content (AvgIpc) is 2.19. The summed E-state index contributed by atoms with van der Waals surface area (Å²) in [5.41, 5.74) is 5.52. The molecule has 5 nitrogen and oxygen atoms in total. The highest BCUT2D eigenvalue weighted by Crippen LogP contribution is 2.22. The van der Waals surface area contributed by atoms with E-state index < -0.39 is 15.2 Å². The molecule has 0 saturated carbocycles. The molecule has 2 unspecified atom stereocenters. The third-order valence-electron chi connectivity index (χ3n) is 2.57. The van der Waals surface area contributed by atoms with Crippen molar-refractivity contribution in [2.75, 3.05) is 37.5 Å². The van der Waals surface area contributed by atoms with Crippen LogP contribution in [0, 0.1) is 0 Å². The van der Waals surface area contributed by atoms with E-state index in [4.69, 9.17) is 10.8 Å². The van der Waals surface area contributed by atoms with Crippen molar-refractivity contribution in [1.29, 1.82) is 0 Å². The highest BCUT2D eigenvalue weighted by atomic mass is 32.2. The summed E-state index contributed by atoms with van der Waals surface area (Å²) in [6.45, 7) is 0.866. The number of thioether (sulfide) groups is 1. The fourth-order valence-electron chi connectivity index (χ4n) is 1.70. The summed E-state index contributed by atoms with van der Waals surface area (Å²) in [7, 11) is -3.10. The predicted octanol–water partition coefficient (Wildman–Crippen LogP) is -1.27. The van der Waals surface area contributed by atoms with Crippen LogP contribution < -0.4 is 5.73 Å². The Morgan fingerprint density at radius 1 is 1.67 bits per heavy atom. The lowest BCUT2D eigenvalue weighted by molar-refractivity contribution is 0.124. The SMILES string of the molecule is CS(=O)(=O)C1CSCCN1C(CN)CO. The van der Waals surface area contributed by atoms with Gasteiger partial charge in [-0.25, -0.2) is 8.42 Å². The lowest BCUT2D eigenvalue weighted by Gasteiger charge is -2.38. The lowest BCUT2D eigenvalue weighted by atomic mass is 10.2. The summed E-state index contributed by atoms with van der Waals surface area (Å²) >= 11 is 1.63. The van der Waals surface area contributed by atoms with Crippen molar-refractivity contribution in [2.45, 2.75) is 11.4 Å². The number of nitrogens with zero attached hydrogens (tertiary/aromatic N) is 1. The first kappa shape index (κ1) is 13.2. The first-order valence-electron chi connectivity index (χ1n) is 4.84. The second-order valence-corrected chi connectivity index (χ2v) is 7.02. The molecule has 1 fully saturated rings. The van der Waals surface area contributed by atoms with E-state index >= 15 is 0 Å². The number of aliphatic hydroxyl groups excluding tert-OH is 1. The van der Waals surface area contributed by atoms with Gasteiger partial charge in [-0.05, 0) is 0 Å². The van der Waals surface area contributed by atoms with Gasteiger partial charge in [-0.2, -0.15) is 11.8 Å². The Labute approximate surface area is 94.9 Å². The minimum atomic E-state index is -3.10. The summed E-state index contributed by atoms with van der Waals surface area (Å²) in [5, 5.41) is 8.64. The van der Waals surface area contributed by atoms with Crippen LogP contribution in [0.2, 0.25) is 0 Å². The van der Waals surface area contributed by atoms with Gasteiger partial charge in [0.15, 0.2) is 9.84 Å². The van der Waals surface area contributed by atoms with Crippen LogP contribution in [-0.4, -0.2) is 67.3 Å². The van der Waals surface area contributed by atoms with Crippen molar-refractivity contribution in [1.82, 2.24) is 4.90 Å². The maximum Gasteiger partial charge on any atom is 0.164 e. The topological polar surface area (TPSA) is 83.6 Å². The van der Waals surface area contributed by atoms with Gasteiger partial charge in [0.05, 0.1) is 6.61 Å². The van der Waals surface area contributed by atoms with E-state index in [1.165, 1.54) is 6.26 Å². The largest absolute Gasteiger partial charge is 0.395 e. The number of hydrogen-bond donors (Lipinski definition) is 2. The molecule has 3 N–H and O–H groups in total. The zero-order valence-corrected chi connectivity index (χ0v) is 10.4. The van der Waals surface area contributed by atoms with Crippen LogP contribution in [0.4, 0.5) is 0 Å². The van der Waals surface area contributed by atoms with Gasteiger partial charge >= 0.3 is 0 Å². The van der Waals surface area contributed by atoms with Crippen molar-refractivity contribution in [3.05, 3.63) is 0 Å². The van der Waals surface area contributed by atoms with E-state index in [1.54, 1.807) is 11.8 Å². The predicted molar refractivity (Wildman–Crippen MR) is 62.6 cm³/mol. The zero-order valence-electron chi connectivity index (χ0n) is 8.80. The Bertz CT molecular complexity index is 290. The standard InChI is InChI=1S/C8H18N2O3S2/c1-15(12,13)8-6-14-3-2-10(8)7(4-9)5-11/h7-8,11H,2-6,9H2,1H3. The normalized spacial score (nSPS) is 26.5. The fourth-order valence-corrected chi connectivity index (χ4v) is 4.64. The molecule has 1 saturated heterocycles. The van der Waals surface area contributed by atoms with Crippen LogP contribution in [0.3, 0.4) is 0 Å². The molecule has 0 amide bonds. The van der Waals surface area contributed by atoms with Gasteiger partial charge in [0.25, 0.3) is 0 Å². The lowest BCUT2D eigenvalue weighted by Crippen LogP contribution is -2.55. The quantitative estimate of drug-likeness (QED) is 0.650. The maximum atomic E-state index is 11.6. The van der Waals surface area contributed by atoms with E-state index in [2.05, 4.69) is 0 Å². The van der Waals surface area contributed by atoms with Crippen molar-refractivity contribution < 1.29 is 13.5 Å². The monoisotopic (exact) mass is 254 g/mol. The highest BCUT2D eigenvalue weighted by Gasteiger charge is 2.34. The summed E-state index contributed by atoms with van der Waals surface area (Å²) in [4.78, 5) is 1.81. The van der Waals surface area contributed by atoms with Gasteiger partial charge in [0.1, 0.15) is 5.37 Å². The zero-order chi connectivity index (χ0) is 11.5. The molecule has 1 rings (SSSR count). The molecule has 0 radical (unpaired) electrons. The number of rotatable bonds is 4. The highest BCUT2D eigenvalue weighted by molar-refractivity contribution is 8.00. The molecule has 0 aromatic carbocycles. The number of aliphatic hydroxyl groups is 1. The minimum absolute atomic E-state index is 0.0901. The maximum absolute atomic E-state index is 11.6. The summed E-state index contributed by atoms with van der Waals surface area (Å²) in [5.74, 6) is 1.46.